The Labute approximate surface area is 215 Å². The van der Waals surface area contributed by atoms with E-state index in [2.05, 4.69) is 11.8 Å². The Bertz CT molecular complexity index is 962. The van der Waals surface area contributed by atoms with Crippen molar-refractivity contribution in [1.82, 2.24) is 4.90 Å². The molecular formula is C29H40N2O5. The number of hydrogen-bond donors (Lipinski definition) is 1. The Morgan fingerprint density at radius 2 is 1.75 bits per heavy atom. The van der Waals surface area contributed by atoms with E-state index in [1.165, 1.54) is 19.3 Å². The predicted molar refractivity (Wildman–Crippen MR) is 142 cm³/mol. The highest BCUT2D eigenvalue weighted by Crippen LogP contribution is 2.31. The molecule has 0 saturated heterocycles. The number of anilines is 1. The summed E-state index contributed by atoms with van der Waals surface area (Å²) in [5, 5.41) is 9.35. The van der Waals surface area contributed by atoms with E-state index >= 15 is 0 Å². The van der Waals surface area contributed by atoms with Gasteiger partial charge in [0.15, 0.2) is 6.10 Å². The number of nitrogens with zero attached hydrogens (tertiary/aromatic N) is 2. The molecule has 0 radical (unpaired) electrons. The van der Waals surface area contributed by atoms with Crippen LogP contribution >= 0.6 is 0 Å². The minimum Gasteiger partial charge on any atom is -0.490 e. The molecule has 0 spiro atoms. The normalized spacial score (nSPS) is 13.8. The lowest BCUT2D eigenvalue weighted by molar-refractivity contribution is -0.149. The van der Waals surface area contributed by atoms with Crippen molar-refractivity contribution in [2.24, 2.45) is 0 Å². The summed E-state index contributed by atoms with van der Waals surface area (Å²) in [6.45, 7) is 7.29. The van der Waals surface area contributed by atoms with Gasteiger partial charge in [0.1, 0.15) is 12.4 Å². The molecular weight excluding hydrogens is 456 g/mol. The first-order valence-corrected chi connectivity index (χ1v) is 13.2. The maximum atomic E-state index is 13.4. The van der Waals surface area contributed by atoms with Crippen LogP contribution in [0.2, 0.25) is 0 Å². The van der Waals surface area contributed by atoms with Crippen molar-refractivity contribution >= 4 is 17.6 Å². The number of para-hydroxylation sites is 2. The first-order chi connectivity index (χ1) is 17.5. The maximum absolute atomic E-state index is 13.4. The molecule has 2 aromatic carbocycles. The number of benzene rings is 2. The largest absolute Gasteiger partial charge is 0.490 e. The van der Waals surface area contributed by atoms with Crippen molar-refractivity contribution in [1.29, 1.82) is 0 Å². The van der Waals surface area contributed by atoms with Gasteiger partial charge < -0.3 is 19.5 Å². The van der Waals surface area contributed by atoms with Gasteiger partial charge in [-0.25, -0.2) is 4.79 Å². The lowest BCUT2D eigenvalue weighted by Crippen LogP contribution is -2.44. The van der Waals surface area contributed by atoms with Crippen molar-refractivity contribution in [2.75, 3.05) is 37.7 Å². The third-order valence-corrected chi connectivity index (χ3v) is 6.46. The first-order valence-electron chi connectivity index (χ1n) is 13.2. The molecule has 1 aliphatic heterocycles. The highest BCUT2D eigenvalue weighted by molar-refractivity contribution is 5.96. The molecule has 1 amide bonds. The van der Waals surface area contributed by atoms with Crippen LogP contribution in [-0.4, -0.2) is 60.8 Å². The second-order valence-corrected chi connectivity index (χ2v) is 9.29. The van der Waals surface area contributed by atoms with Gasteiger partial charge in [0.25, 0.3) is 0 Å². The number of carbonyl (C=O) groups excluding carboxylic acids is 1. The van der Waals surface area contributed by atoms with Crippen LogP contribution in [0.15, 0.2) is 48.5 Å². The Balaban J connectivity index is 1.65. The molecule has 0 aliphatic carbocycles. The number of amides is 1. The van der Waals surface area contributed by atoms with E-state index in [4.69, 9.17) is 9.47 Å². The lowest BCUT2D eigenvalue weighted by Gasteiger charge is -2.31. The van der Waals surface area contributed by atoms with Crippen molar-refractivity contribution in [3.05, 3.63) is 59.7 Å². The zero-order valence-corrected chi connectivity index (χ0v) is 21.7. The molecule has 1 unspecified atom stereocenters. The van der Waals surface area contributed by atoms with Crippen LogP contribution in [0.5, 0.6) is 5.75 Å². The number of ether oxygens (including phenoxy) is 2. The fraction of sp³-hybridized carbons (Fsp3) is 0.517. The van der Waals surface area contributed by atoms with Crippen LogP contribution in [0.3, 0.4) is 0 Å². The molecule has 2 aromatic rings. The van der Waals surface area contributed by atoms with Gasteiger partial charge in [0, 0.05) is 19.6 Å². The van der Waals surface area contributed by atoms with Crippen molar-refractivity contribution in [3.8, 4) is 5.75 Å². The van der Waals surface area contributed by atoms with Gasteiger partial charge in [-0.1, -0.05) is 69.0 Å². The molecule has 1 N–H and O–H groups in total. The highest BCUT2D eigenvalue weighted by Gasteiger charge is 2.25. The van der Waals surface area contributed by atoms with Crippen LogP contribution in [-0.2, 0) is 27.3 Å². The Morgan fingerprint density at radius 1 is 1.03 bits per heavy atom. The van der Waals surface area contributed by atoms with Gasteiger partial charge in [-0.2, -0.15) is 0 Å². The zero-order chi connectivity index (χ0) is 25.8. The molecule has 0 fully saturated rings. The summed E-state index contributed by atoms with van der Waals surface area (Å²) >= 11 is 0. The Morgan fingerprint density at radius 3 is 2.47 bits per heavy atom. The highest BCUT2D eigenvalue weighted by atomic mass is 16.5. The van der Waals surface area contributed by atoms with Crippen LogP contribution in [0.4, 0.5) is 5.69 Å². The fourth-order valence-corrected chi connectivity index (χ4v) is 4.53. The van der Waals surface area contributed by atoms with E-state index in [0.29, 0.717) is 39.3 Å². The molecule has 1 atom stereocenters. The number of carboxylic acids is 1. The quantitative estimate of drug-likeness (QED) is 0.353. The molecule has 1 aliphatic rings. The zero-order valence-electron chi connectivity index (χ0n) is 21.7. The molecule has 0 aromatic heterocycles. The van der Waals surface area contributed by atoms with Crippen molar-refractivity contribution < 1.29 is 24.2 Å². The van der Waals surface area contributed by atoms with Gasteiger partial charge >= 0.3 is 5.97 Å². The van der Waals surface area contributed by atoms with E-state index in [9.17, 15) is 14.7 Å². The summed E-state index contributed by atoms with van der Waals surface area (Å²) in [5.41, 5.74) is 2.86. The number of hydrogen-bond acceptors (Lipinski definition) is 5. The van der Waals surface area contributed by atoms with E-state index in [0.717, 1.165) is 42.0 Å². The molecule has 7 nitrogen and oxygen atoms in total. The van der Waals surface area contributed by atoms with E-state index in [1.807, 2.05) is 53.4 Å². The SMILES string of the molecule is CCCCCCCN(CC(=O)N1CCOc2ccccc21)Cc1ccc(CC(OCC)C(=O)O)cc1. The number of aliphatic carboxylic acids is 1. The number of carboxylic acid groups (broad SMARTS) is 1. The van der Waals surface area contributed by atoms with Crippen LogP contribution in [0.25, 0.3) is 0 Å². The first kappa shape index (κ1) is 27.7. The molecule has 36 heavy (non-hydrogen) atoms. The van der Waals surface area contributed by atoms with Crippen LogP contribution in [0, 0.1) is 0 Å². The molecule has 1 heterocycles. The van der Waals surface area contributed by atoms with Crippen LogP contribution in [0.1, 0.15) is 57.1 Å². The summed E-state index contributed by atoms with van der Waals surface area (Å²) in [6, 6.07) is 15.7. The number of carbonyl (C=O) groups is 2. The monoisotopic (exact) mass is 496 g/mol. The standard InChI is InChI=1S/C29H40N2O5/c1-3-5-6-7-10-17-30(22-28(32)31-18-19-36-26-12-9-8-11-25(26)31)21-24-15-13-23(14-16-24)20-27(29(33)34)35-4-2/h8-9,11-16,27H,3-7,10,17-22H2,1-2H3,(H,33,34). The van der Waals surface area contributed by atoms with Crippen molar-refractivity contribution in [3.63, 3.8) is 0 Å². The minimum atomic E-state index is -0.946. The minimum absolute atomic E-state index is 0.0805. The van der Waals surface area contributed by atoms with Crippen molar-refractivity contribution in [2.45, 2.75) is 65.0 Å². The lowest BCUT2D eigenvalue weighted by atomic mass is 10.1. The molecule has 196 valence electrons. The van der Waals surface area contributed by atoms with E-state index in [-0.39, 0.29) is 5.91 Å². The third kappa shape index (κ3) is 8.35. The van der Waals surface area contributed by atoms with Gasteiger partial charge in [-0.3, -0.25) is 9.69 Å². The van der Waals surface area contributed by atoms with E-state index < -0.39 is 12.1 Å². The average Bonchev–Trinajstić information content (AvgIpc) is 2.88. The summed E-state index contributed by atoms with van der Waals surface area (Å²) in [5.74, 6) is -0.110. The second kappa shape index (κ2) is 14.6. The maximum Gasteiger partial charge on any atom is 0.333 e. The second-order valence-electron chi connectivity index (χ2n) is 9.29. The summed E-state index contributed by atoms with van der Waals surface area (Å²) in [6.07, 6.45) is 5.37. The average molecular weight is 497 g/mol. The van der Waals surface area contributed by atoms with E-state index in [1.54, 1.807) is 6.92 Å². The molecule has 0 bridgehead atoms. The Hall–Kier alpha value is -2.90. The van der Waals surface area contributed by atoms with Gasteiger partial charge in [-0.15, -0.1) is 0 Å². The summed E-state index contributed by atoms with van der Waals surface area (Å²) in [7, 11) is 0. The molecule has 3 rings (SSSR count). The van der Waals surface area contributed by atoms with Crippen LogP contribution < -0.4 is 9.64 Å². The Kier molecular flexibility index (Phi) is 11.2. The van der Waals surface area contributed by atoms with Gasteiger partial charge in [0.2, 0.25) is 5.91 Å². The number of unbranched alkanes of at least 4 members (excludes halogenated alkanes) is 4. The molecule has 0 saturated carbocycles. The summed E-state index contributed by atoms with van der Waals surface area (Å²) < 4.78 is 11.1. The van der Waals surface area contributed by atoms with Gasteiger partial charge in [-0.05, 0) is 43.1 Å². The number of fused-ring (bicyclic) bond motifs is 1. The predicted octanol–water partition coefficient (Wildman–Crippen LogP) is 4.92. The summed E-state index contributed by atoms with van der Waals surface area (Å²) in [4.78, 5) is 28.8. The topological polar surface area (TPSA) is 79.3 Å². The molecule has 7 heteroatoms. The fourth-order valence-electron chi connectivity index (χ4n) is 4.53. The smallest absolute Gasteiger partial charge is 0.333 e. The number of rotatable bonds is 15. The van der Waals surface area contributed by atoms with Gasteiger partial charge in [0.05, 0.1) is 18.8 Å². The third-order valence-electron chi connectivity index (χ3n) is 6.46.